The van der Waals surface area contributed by atoms with Crippen molar-refractivity contribution < 1.29 is 27.6 Å². The van der Waals surface area contributed by atoms with Crippen LogP contribution in [0, 0.1) is 0 Å². The Morgan fingerprint density at radius 1 is 0.755 bits per heavy atom. The van der Waals surface area contributed by atoms with E-state index < -0.39 is 52.4 Å². The van der Waals surface area contributed by atoms with Crippen LogP contribution in [0.2, 0.25) is 49.6 Å². The predicted octanol–water partition coefficient (Wildman–Crippen LogP) is 12.6. The fourth-order valence-corrected chi connectivity index (χ4v) is 22.6. The Morgan fingerprint density at radius 2 is 1.23 bits per heavy atom. The summed E-state index contributed by atoms with van der Waals surface area (Å²) in [5.41, 5.74) is -0.706. The molecule has 2 aromatic rings. The van der Waals surface area contributed by atoms with Gasteiger partial charge in [-0.2, -0.15) is 0 Å². The molecule has 0 heterocycles. The van der Waals surface area contributed by atoms with Crippen LogP contribution in [0.25, 0.3) is 0 Å². The van der Waals surface area contributed by atoms with Crippen LogP contribution >= 0.6 is 0 Å². The third kappa shape index (κ3) is 12.7. The molecule has 10 heteroatoms. The minimum atomic E-state index is -3.69. The number of hydrogen-bond acceptors (Lipinski definition) is 5. The van der Waals surface area contributed by atoms with Crippen molar-refractivity contribution in [1.29, 1.82) is 0 Å². The number of unbranched alkanes of at least 4 members (excludes halogenated alkanes) is 3. The molecule has 0 aliphatic heterocycles. The molecule has 1 atom stereocenters. The first-order valence-corrected chi connectivity index (χ1v) is 33.2. The van der Waals surface area contributed by atoms with Crippen LogP contribution in [0.5, 0.6) is 11.5 Å². The van der Waals surface area contributed by atoms with Gasteiger partial charge >= 0.3 is 330 Å². The number of nitrogens with one attached hydrogen (secondary N) is 1. The van der Waals surface area contributed by atoms with Gasteiger partial charge in [-0.1, -0.05) is 0 Å². The van der Waals surface area contributed by atoms with E-state index in [1.54, 1.807) is 24.3 Å². The van der Waals surface area contributed by atoms with Gasteiger partial charge in [0.05, 0.1) is 0 Å². The predicted molar refractivity (Wildman–Crippen MR) is 229 cm³/mol. The van der Waals surface area contributed by atoms with Crippen molar-refractivity contribution in [2.75, 3.05) is 7.11 Å². The van der Waals surface area contributed by atoms with Gasteiger partial charge in [0.1, 0.15) is 0 Å². The summed E-state index contributed by atoms with van der Waals surface area (Å²) in [7, 11) is -3.32. The van der Waals surface area contributed by atoms with Crippen LogP contribution in [0.4, 0.5) is 4.39 Å². The second-order valence-corrected chi connectivity index (χ2v) is 40.5. The number of halogens is 1. The van der Waals surface area contributed by atoms with Crippen LogP contribution in [0.15, 0.2) is 58.4 Å². The molecule has 1 unspecified atom stereocenters. The van der Waals surface area contributed by atoms with Gasteiger partial charge < -0.3 is 0 Å². The third-order valence-electron chi connectivity index (χ3n) is 11.7. The van der Waals surface area contributed by atoms with E-state index >= 15 is 4.39 Å². The summed E-state index contributed by atoms with van der Waals surface area (Å²) in [5, 5.41) is 2.89. The van der Waals surface area contributed by atoms with E-state index in [1.165, 1.54) is 13.2 Å². The standard InChI is InChI=1S/C31H45FNO5Si2.3C4H9.Sn/c1-29(2,3)39(8,9)37-25-18-17-23(21-26(25)38-40(10,11)30(4,5)6)22-31(19-20-32,28(35)36-7)33-27(34)24-15-13-12-14-16-24;3*1-3-4-2;/h12-19,21H,22H2,1-11H3,(H,33,34);3*1,3-4H2,2H3;. The summed E-state index contributed by atoms with van der Waals surface area (Å²) in [6.45, 7) is 28.5. The maximum atomic E-state index is 17.6. The Labute approximate surface area is 328 Å². The van der Waals surface area contributed by atoms with E-state index in [0.717, 1.165) is 51.8 Å². The maximum absolute atomic E-state index is 17.6. The van der Waals surface area contributed by atoms with Crippen molar-refractivity contribution in [2.45, 2.75) is 162 Å². The van der Waals surface area contributed by atoms with Crippen LogP contribution in [0.3, 0.4) is 0 Å². The molecule has 0 bridgehead atoms. The Morgan fingerprint density at radius 3 is 1.66 bits per heavy atom. The second kappa shape index (κ2) is 19.7. The Bertz CT molecular complexity index is 1490. The number of rotatable bonds is 20. The molecule has 0 fully saturated rings. The van der Waals surface area contributed by atoms with Gasteiger partial charge in [-0.3, -0.25) is 0 Å². The van der Waals surface area contributed by atoms with Gasteiger partial charge in [0.15, 0.2) is 0 Å². The molecule has 1 N–H and O–H groups in total. The molecule has 2 aromatic carbocycles. The van der Waals surface area contributed by atoms with Gasteiger partial charge in [-0.05, 0) is 0 Å². The minimum absolute atomic E-state index is 0.0167. The normalized spacial score (nSPS) is 14.4. The summed E-state index contributed by atoms with van der Waals surface area (Å²) in [6, 6.07) is 14.6. The number of benzene rings is 2. The molecule has 0 aliphatic carbocycles. The molecule has 53 heavy (non-hydrogen) atoms. The quantitative estimate of drug-likeness (QED) is 0.106. The molecule has 6 nitrogen and oxygen atoms in total. The Kier molecular flexibility index (Phi) is 17.4. The average molecular weight is 877 g/mol. The molecule has 1 amide bonds. The molecule has 0 radical (unpaired) electrons. The van der Waals surface area contributed by atoms with Gasteiger partial charge in [-0.15, -0.1) is 0 Å². The molecular formula is C43H72FNO5Si2Sn. The SMILES string of the molecule is CCC[CH2][Sn]([CH2]CCC)([CH2]CCC)/[C](F)=C/C(Cc1ccc(O[Si](C)(C)C(C)(C)C)c(O[Si](C)(C)C(C)(C)C)c1)(NC(=O)c1ccccc1)C(=O)OC. The zero-order valence-electron chi connectivity index (χ0n) is 35.7. The first-order valence-electron chi connectivity index (χ1n) is 19.9. The van der Waals surface area contributed by atoms with Crippen LogP contribution in [-0.4, -0.2) is 59.5 Å². The number of methoxy groups -OCH3 is 1. The summed E-state index contributed by atoms with van der Waals surface area (Å²) in [6.07, 6.45) is 7.27. The summed E-state index contributed by atoms with van der Waals surface area (Å²) in [4.78, 5) is 28.3. The first-order chi connectivity index (χ1) is 24.5. The van der Waals surface area contributed by atoms with Crippen molar-refractivity contribution >= 4 is 46.9 Å². The number of esters is 1. The second-order valence-electron chi connectivity index (χ2n) is 18.0. The summed E-state index contributed by atoms with van der Waals surface area (Å²) < 4.78 is 39.4. The van der Waals surface area contributed by atoms with Gasteiger partial charge in [0, 0.05) is 0 Å². The first kappa shape index (κ1) is 47.0. The van der Waals surface area contributed by atoms with Crippen molar-refractivity contribution in [3.05, 3.63) is 69.6 Å². The van der Waals surface area contributed by atoms with E-state index in [-0.39, 0.29) is 20.3 Å². The number of amides is 1. The Balaban J connectivity index is 2.95. The monoisotopic (exact) mass is 877 g/mol. The zero-order valence-corrected chi connectivity index (χ0v) is 40.5. The molecular weight excluding hydrogens is 804 g/mol. The number of carbonyl (C=O) groups is 2. The average Bonchev–Trinajstić information content (AvgIpc) is 3.07. The molecule has 0 saturated carbocycles. The van der Waals surface area contributed by atoms with E-state index in [1.807, 2.05) is 24.3 Å². The molecule has 0 aliphatic rings. The summed E-state index contributed by atoms with van der Waals surface area (Å²) in [5.74, 6) is 0.107. The topological polar surface area (TPSA) is 73.9 Å². The fraction of sp³-hybridized carbons (Fsp3) is 0.628. The van der Waals surface area contributed by atoms with Crippen LogP contribution in [0.1, 0.15) is 117 Å². The van der Waals surface area contributed by atoms with E-state index in [0.29, 0.717) is 22.6 Å². The van der Waals surface area contributed by atoms with E-state index in [9.17, 15) is 9.59 Å². The van der Waals surface area contributed by atoms with Gasteiger partial charge in [0.2, 0.25) is 0 Å². The van der Waals surface area contributed by atoms with E-state index in [4.69, 9.17) is 13.6 Å². The molecule has 0 aromatic heterocycles. The fourth-order valence-electron chi connectivity index (χ4n) is 6.01. The van der Waals surface area contributed by atoms with Crippen molar-refractivity contribution in [3.8, 4) is 11.5 Å². The third-order valence-corrected chi connectivity index (χ3v) is 34.9. The van der Waals surface area contributed by atoms with Crippen LogP contribution in [-0.2, 0) is 16.0 Å². The molecule has 298 valence electrons. The van der Waals surface area contributed by atoms with Gasteiger partial charge in [0.25, 0.3) is 0 Å². The van der Waals surface area contributed by atoms with Crippen molar-refractivity contribution in [3.63, 3.8) is 0 Å². The number of carbonyl (C=O) groups excluding carboxylic acids is 2. The summed E-state index contributed by atoms with van der Waals surface area (Å²) >= 11 is -3.69. The van der Waals surface area contributed by atoms with Crippen molar-refractivity contribution in [1.82, 2.24) is 5.32 Å². The molecule has 0 saturated heterocycles. The van der Waals surface area contributed by atoms with Crippen molar-refractivity contribution in [2.24, 2.45) is 0 Å². The number of ether oxygens (including phenoxy) is 1. The number of hydrogen-bond donors (Lipinski definition) is 1. The zero-order chi connectivity index (χ0) is 40.3. The van der Waals surface area contributed by atoms with Crippen LogP contribution < -0.4 is 14.2 Å². The van der Waals surface area contributed by atoms with E-state index in [2.05, 4.69) is 93.8 Å². The van der Waals surface area contributed by atoms with Gasteiger partial charge in [-0.25, -0.2) is 0 Å². The molecule has 2 rings (SSSR count). The Hall–Kier alpha value is -2.12. The molecule has 0 spiro atoms.